The molecule has 1 N–H and O–H groups in total. The lowest BCUT2D eigenvalue weighted by molar-refractivity contribution is -0.929. The molecule has 1 saturated heterocycles. The van der Waals surface area contributed by atoms with Crippen molar-refractivity contribution in [3.8, 4) is 0 Å². The SMILES string of the molecule is C[C@@H]1CCCN(c2nc3nnnn3c3sc4c(c23)CC[NH+](Cc2ccccc2)C4)C1. The third kappa shape index (κ3) is 3.06. The molecule has 2 aliphatic rings. The Balaban J connectivity index is 1.42. The Morgan fingerprint density at radius 2 is 2.13 bits per heavy atom. The number of hydrogen-bond donors (Lipinski definition) is 1. The van der Waals surface area contributed by atoms with E-state index in [4.69, 9.17) is 4.98 Å². The topological polar surface area (TPSA) is 63.7 Å². The largest absolute Gasteiger partial charge is 0.356 e. The fraction of sp³-hybridized carbons (Fsp3) is 0.455. The van der Waals surface area contributed by atoms with Gasteiger partial charge in [-0.05, 0) is 34.7 Å². The lowest BCUT2D eigenvalue weighted by Crippen LogP contribution is -3.10. The molecule has 5 heterocycles. The van der Waals surface area contributed by atoms with Crippen LogP contribution in [-0.2, 0) is 19.5 Å². The maximum absolute atomic E-state index is 4.94. The van der Waals surface area contributed by atoms with Crippen LogP contribution in [0.4, 0.5) is 5.82 Å². The number of anilines is 1. The van der Waals surface area contributed by atoms with Crippen LogP contribution in [0, 0.1) is 5.92 Å². The number of tetrazole rings is 1. The van der Waals surface area contributed by atoms with Gasteiger partial charge in [-0.3, -0.25) is 0 Å². The molecule has 3 aromatic heterocycles. The minimum absolute atomic E-state index is 0.614. The molecule has 0 spiro atoms. The number of thiophene rings is 1. The van der Waals surface area contributed by atoms with Crippen LogP contribution in [0.2, 0.25) is 0 Å². The summed E-state index contributed by atoms with van der Waals surface area (Å²) in [6.07, 6.45) is 3.61. The normalized spacial score (nSPS) is 22.0. The number of hydrogen-bond acceptors (Lipinski definition) is 6. The lowest BCUT2D eigenvalue weighted by atomic mass is 9.99. The summed E-state index contributed by atoms with van der Waals surface area (Å²) in [7, 11) is 0. The van der Waals surface area contributed by atoms with Crippen molar-refractivity contribution in [2.24, 2.45) is 5.92 Å². The molecule has 154 valence electrons. The van der Waals surface area contributed by atoms with E-state index in [1.54, 1.807) is 4.90 Å². The monoisotopic (exact) mass is 420 g/mol. The first kappa shape index (κ1) is 18.2. The molecule has 2 aliphatic heterocycles. The average Bonchev–Trinajstić information content (AvgIpc) is 3.38. The fourth-order valence-electron chi connectivity index (χ4n) is 5.08. The maximum atomic E-state index is 4.94. The summed E-state index contributed by atoms with van der Waals surface area (Å²) in [5, 5.41) is 13.6. The Bertz CT molecular complexity index is 1200. The molecule has 1 fully saturated rings. The Morgan fingerprint density at radius 3 is 3.00 bits per heavy atom. The van der Waals surface area contributed by atoms with Gasteiger partial charge in [-0.2, -0.15) is 9.50 Å². The van der Waals surface area contributed by atoms with Crippen molar-refractivity contribution in [1.29, 1.82) is 0 Å². The number of quaternary nitrogens is 1. The van der Waals surface area contributed by atoms with Crippen molar-refractivity contribution in [2.45, 2.75) is 39.3 Å². The molecule has 0 radical (unpaired) electrons. The molecule has 4 aromatic rings. The van der Waals surface area contributed by atoms with Crippen LogP contribution < -0.4 is 9.80 Å². The molecule has 0 saturated carbocycles. The van der Waals surface area contributed by atoms with E-state index in [9.17, 15) is 0 Å². The minimum atomic E-state index is 0.614. The number of fused-ring (bicyclic) bond motifs is 5. The predicted molar refractivity (Wildman–Crippen MR) is 118 cm³/mol. The van der Waals surface area contributed by atoms with Gasteiger partial charge in [0.2, 0.25) is 0 Å². The summed E-state index contributed by atoms with van der Waals surface area (Å²) in [6, 6.07) is 10.8. The second-order valence-electron chi connectivity index (χ2n) is 8.79. The van der Waals surface area contributed by atoms with Gasteiger partial charge in [0.15, 0.2) is 0 Å². The fourth-order valence-corrected chi connectivity index (χ4v) is 6.44. The molecule has 30 heavy (non-hydrogen) atoms. The quantitative estimate of drug-likeness (QED) is 0.550. The standard InChI is InChI=1S/C22H25N7S/c1-15-6-5-10-28(12-15)20-19-17-9-11-27(13-16-7-3-2-4-8-16)14-18(17)30-21(19)29-22(23-20)24-25-26-29/h2-4,7-8,15H,5-6,9-14H2,1H3/p+1/t15-/m1/s1. The number of aromatic nitrogens is 5. The van der Waals surface area contributed by atoms with Crippen LogP contribution in [-0.4, -0.2) is 44.7 Å². The summed E-state index contributed by atoms with van der Waals surface area (Å²) >= 11 is 1.86. The summed E-state index contributed by atoms with van der Waals surface area (Å²) in [4.78, 5) is 11.7. The Labute approximate surface area is 179 Å². The zero-order chi connectivity index (χ0) is 20.1. The van der Waals surface area contributed by atoms with E-state index in [0.29, 0.717) is 11.7 Å². The first-order chi connectivity index (χ1) is 14.8. The van der Waals surface area contributed by atoms with Crippen LogP contribution in [0.1, 0.15) is 35.8 Å². The Hall–Kier alpha value is -2.58. The highest BCUT2D eigenvalue weighted by Gasteiger charge is 2.30. The van der Waals surface area contributed by atoms with Gasteiger partial charge >= 0.3 is 0 Å². The number of nitrogens with zero attached hydrogens (tertiary/aromatic N) is 6. The lowest BCUT2D eigenvalue weighted by Gasteiger charge is -2.32. The third-order valence-corrected chi connectivity index (χ3v) is 7.75. The van der Waals surface area contributed by atoms with Crippen molar-refractivity contribution >= 4 is 33.1 Å². The molecule has 8 heteroatoms. The van der Waals surface area contributed by atoms with E-state index in [1.165, 1.54) is 34.2 Å². The summed E-state index contributed by atoms with van der Waals surface area (Å²) in [6.45, 7) is 7.76. The smallest absolute Gasteiger partial charge is 0.276 e. The molecular weight excluding hydrogens is 394 g/mol. The van der Waals surface area contributed by atoms with Crippen molar-refractivity contribution in [3.05, 3.63) is 46.3 Å². The summed E-state index contributed by atoms with van der Waals surface area (Å²) < 4.78 is 1.84. The zero-order valence-corrected chi connectivity index (χ0v) is 18.0. The Kier molecular flexibility index (Phi) is 4.42. The van der Waals surface area contributed by atoms with E-state index in [2.05, 4.69) is 57.7 Å². The maximum Gasteiger partial charge on any atom is 0.276 e. The van der Waals surface area contributed by atoms with Gasteiger partial charge in [-0.15, -0.1) is 11.3 Å². The van der Waals surface area contributed by atoms with Gasteiger partial charge in [0.05, 0.1) is 16.8 Å². The summed E-state index contributed by atoms with van der Waals surface area (Å²) in [5.41, 5.74) is 2.88. The third-order valence-electron chi connectivity index (χ3n) is 6.54. The first-order valence-corrected chi connectivity index (χ1v) is 11.7. The van der Waals surface area contributed by atoms with Gasteiger partial charge in [0.25, 0.3) is 5.78 Å². The minimum Gasteiger partial charge on any atom is -0.356 e. The molecule has 7 nitrogen and oxygen atoms in total. The zero-order valence-electron chi connectivity index (χ0n) is 17.2. The highest BCUT2D eigenvalue weighted by atomic mass is 32.1. The predicted octanol–water partition coefficient (Wildman–Crippen LogP) is 2.11. The van der Waals surface area contributed by atoms with Crippen molar-refractivity contribution in [3.63, 3.8) is 0 Å². The number of rotatable bonds is 3. The number of nitrogens with one attached hydrogen (secondary N) is 1. The van der Waals surface area contributed by atoms with Crippen LogP contribution in [0.15, 0.2) is 30.3 Å². The van der Waals surface area contributed by atoms with Gasteiger partial charge < -0.3 is 9.80 Å². The highest BCUT2D eigenvalue weighted by molar-refractivity contribution is 7.19. The number of piperidine rings is 1. The second-order valence-corrected chi connectivity index (χ2v) is 9.88. The van der Waals surface area contributed by atoms with Crippen LogP contribution in [0.25, 0.3) is 16.0 Å². The highest BCUT2D eigenvalue weighted by Crippen LogP contribution is 2.38. The Morgan fingerprint density at radius 1 is 1.23 bits per heavy atom. The molecule has 0 amide bonds. The van der Waals surface area contributed by atoms with Crippen LogP contribution in [0.3, 0.4) is 0 Å². The molecule has 1 aromatic carbocycles. The first-order valence-electron chi connectivity index (χ1n) is 10.9. The van der Waals surface area contributed by atoms with E-state index >= 15 is 0 Å². The van der Waals surface area contributed by atoms with Crippen LogP contribution >= 0.6 is 11.3 Å². The van der Waals surface area contributed by atoms with Crippen molar-refractivity contribution in [2.75, 3.05) is 24.5 Å². The van der Waals surface area contributed by atoms with Gasteiger partial charge in [0, 0.05) is 25.1 Å². The molecule has 1 unspecified atom stereocenters. The number of benzene rings is 1. The second kappa shape index (κ2) is 7.28. The van der Waals surface area contributed by atoms with Crippen molar-refractivity contribution < 1.29 is 4.90 Å². The van der Waals surface area contributed by atoms with Crippen molar-refractivity contribution in [1.82, 2.24) is 25.0 Å². The molecule has 2 atom stereocenters. The van der Waals surface area contributed by atoms with Gasteiger partial charge in [-0.1, -0.05) is 42.4 Å². The summed E-state index contributed by atoms with van der Waals surface area (Å²) in [5.74, 6) is 2.41. The molecule has 0 bridgehead atoms. The van der Waals surface area contributed by atoms with E-state index in [1.807, 2.05) is 15.9 Å². The molecule has 0 aliphatic carbocycles. The molecule has 6 rings (SSSR count). The van der Waals surface area contributed by atoms with E-state index in [0.717, 1.165) is 49.8 Å². The van der Waals surface area contributed by atoms with Gasteiger partial charge in [-0.25, -0.2) is 0 Å². The molecular formula is C22H26N7S+. The van der Waals surface area contributed by atoms with Gasteiger partial charge in [0.1, 0.15) is 23.7 Å². The van der Waals surface area contributed by atoms with E-state index < -0.39 is 0 Å². The van der Waals surface area contributed by atoms with Crippen LogP contribution in [0.5, 0.6) is 0 Å². The average molecular weight is 421 g/mol. The van der Waals surface area contributed by atoms with E-state index in [-0.39, 0.29) is 0 Å².